The van der Waals surface area contributed by atoms with Crippen LogP contribution in [0.3, 0.4) is 0 Å². The van der Waals surface area contributed by atoms with Crippen molar-refractivity contribution in [3.63, 3.8) is 0 Å². The molecule has 0 aromatic heterocycles. The summed E-state index contributed by atoms with van der Waals surface area (Å²) in [5.41, 5.74) is 4.85. The first-order valence-corrected chi connectivity index (χ1v) is 22.8. The third-order valence-corrected chi connectivity index (χ3v) is 15.4. The molecule has 1 rings (SSSR count). The molecule has 35 heavy (non-hydrogen) atoms. The summed E-state index contributed by atoms with van der Waals surface area (Å²) in [7, 11) is 17.6. The summed E-state index contributed by atoms with van der Waals surface area (Å²) >= 11 is 3.50. The number of hydrogen-bond donors (Lipinski definition) is 0. The van der Waals surface area contributed by atoms with Crippen molar-refractivity contribution in [2.75, 3.05) is 28.2 Å². The summed E-state index contributed by atoms with van der Waals surface area (Å²) in [6, 6.07) is 5.04. The molecule has 9 heteroatoms. The van der Waals surface area contributed by atoms with E-state index in [2.05, 4.69) is 150 Å². The van der Waals surface area contributed by atoms with Crippen molar-refractivity contribution < 1.29 is 40.0 Å². The van der Waals surface area contributed by atoms with E-state index in [1.807, 2.05) is 0 Å². The van der Waals surface area contributed by atoms with E-state index < -0.39 is 16.3 Å². The van der Waals surface area contributed by atoms with Crippen LogP contribution >= 0.6 is 34.8 Å². The molecular formula is C26H50Au2Cl2N2P2Si. The first-order valence-electron chi connectivity index (χ1n) is 11.7. The Labute approximate surface area is 255 Å². The van der Waals surface area contributed by atoms with E-state index in [1.165, 1.54) is 24.9 Å². The first-order chi connectivity index (χ1) is 15.6. The molecular weight excluding hydrogens is 895 g/mol. The Morgan fingerprint density at radius 3 is 1.23 bits per heavy atom. The minimum absolute atomic E-state index is 0.104. The van der Waals surface area contributed by atoms with Crippen LogP contribution in [0.4, 0.5) is 0 Å². The molecule has 0 spiro atoms. The Morgan fingerprint density at radius 1 is 0.714 bits per heavy atom. The Morgan fingerprint density at radius 2 is 1.03 bits per heavy atom. The first kappa shape index (κ1) is 39.2. The molecule has 0 atom stereocenters. The number of nitrogens with zero attached hydrogens (tertiary/aromatic N) is 2. The van der Waals surface area contributed by atoms with Crippen LogP contribution in [0.1, 0.15) is 79.0 Å². The van der Waals surface area contributed by atoms with E-state index in [4.69, 9.17) is 0 Å². The Hall–Kier alpha value is 2.02. The predicted octanol–water partition coefficient (Wildman–Crippen LogP) is 8.97. The van der Waals surface area contributed by atoms with Crippen molar-refractivity contribution in [1.29, 1.82) is 0 Å². The zero-order chi connectivity index (χ0) is 28.7. The molecule has 1 aromatic rings. The minimum atomic E-state index is -1.52. The second kappa shape index (κ2) is 15.7. The zero-order valence-corrected chi connectivity index (χ0v) is 33.4. The fourth-order valence-corrected chi connectivity index (χ4v) is 13.4. The van der Waals surface area contributed by atoms with Crippen molar-refractivity contribution in [1.82, 2.24) is 9.34 Å². The van der Waals surface area contributed by atoms with Gasteiger partial charge in [-0.25, -0.2) is 0 Å². The SMILES string of the molecule is CN(C)P(C(=Pc1c(C(C)(C)C)cc(C(C)(C)C)cc1C(C)(C)C)[Si](C)(C)C)N(C)C.[Cl][Au].[Cl][Au]. The van der Waals surface area contributed by atoms with E-state index in [0.717, 1.165) is 0 Å². The average molecular weight is 946 g/mol. The molecule has 0 fully saturated rings. The third kappa shape index (κ3) is 12.4. The van der Waals surface area contributed by atoms with Gasteiger partial charge >= 0.3 is 58.4 Å². The molecule has 0 bridgehead atoms. The van der Waals surface area contributed by atoms with Gasteiger partial charge in [-0.15, -0.1) is 0 Å². The maximum atomic E-state index is 4.58. The maximum absolute atomic E-state index is 4.58. The van der Waals surface area contributed by atoms with Crippen LogP contribution in [0.5, 0.6) is 0 Å². The van der Waals surface area contributed by atoms with Crippen molar-refractivity contribution in [3.05, 3.63) is 28.8 Å². The molecule has 0 amide bonds. The van der Waals surface area contributed by atoms with Gasteiger partial charge in [-0.1, -0.05) is 102 Å². The fourth-order valence-electron chi connectivity index (χ4n) is 3.69. The van der Waals surface area contributed by atoms with Crippen molar-refractivity contribution >= 4 is 52.8 Å². The monoisotopic (exact) mass is 944 g/mol. The van der Waals surface area contributed by atoms with Gasteiger partial charge in [-0.3, -0.25) is 9.34 Å². The molecule has 0 aliphatic carbocycles. The molecule has 0 aliphatic rings. The van der Waals surface area contributed by atoms with Crippen LogP contribution in [0.2, 0.25) is 19.6 Å². The van der Waals surface area contributed by atoms with Gasteiger partial charge in [0.2, 0.25) is 0 Å². The molecule has 0 saturated carbocycles. The molecule has 1 aromatic carbocycles. The van der Waals surface area contributed by atoms with Gasteiger partial charge in [-0.05, 0) is 65.8 Å². The van der Waals surface area contributed by atoms with Crippen LogP contribution in [-0.4, -0.2) is 50.3 Å². The molecule has 0 aliphatic heterocycles. The number of halogens is 2. The summed E-state index contributed by atoms with van der Waals surface area (Å²) in [5, 5.41) is 1.56. The summed E-state index contributed by atoms with van der Waals surface area (Å²) < 4.78 is 6.65. The van der Waals surface area contributed by atoms with E-state index in [9.17, 15) is 0 Å². The van der Waals surface area contributed by atoms with Gasteiger partial charge in [0.15, 0.2) is 0 Å². The number of hydrogen-bond acceptors (Lipinski definition) is 2. The predicted molar refractivity (Wildman–Crippen MR) is 163 cm³/mol. The van der Waals surface area contributed by atoms with E-state index >= 15 is 0 Å². The van der Waals surface area contributed by atoms with Gasteiger partial charge in [0.1, 0.15) is 0 Å². The quantitative estimate of drug-likeness (QED) is 0.215. The van der Waals surface area contributed by atoms with Crippen LogP contribution in [0.25, 0.3) is 0 Å². The Bertz CT molecular complexity index is 778. The molecule has 0 radical (unpaired) electrons. The van der Waals surface area contributed by atoms with Crippen molar-refractivity contribution in [2.24, 2.45) is 0 Å². The molecule has 214 valence electrons. The molecule has 0 saturated heterocycles. The van der Waals surface area contributed by atoms with E-state index in [-0.39, 0.29) is 16.2 Å². The fraction of sp³-hybridized carbons (Fsp3) is 0.731. The second-order valence-electron chi connectivity index (χ2n) is 13.3. The summed E-state index contributed by atoms with van der Waals surface area (Å²) in [4.78, 5) is 0. The molecule has 0 N–H and O–H groups in total. The third-order valence-electron chi connectivity index (χ3n) is 5.43. The van der Waals surface area contributed by atoms with Crippen LogP contribution in [-0.2, 0) is 56.2 Å². The summed E-state index contributed by atoms with van der Waals surface area (Å²) in [6.07, 6.45) is 0. The van der Waals surface area contributed by atoms with Crippen LogP contribution in [0.15, 0.2) is 12.1 Å². The van der Waals surface area contributed by atoms with Gasteiger partial charge in [0, 0.05) is 5.30 Å². The summed E-state index contributed by atoms with van der Waals surface area (Å²) in [6.45, 7) is 28.9. The van der Waals surface area contributed by atoms with Gasteiger partial charge < -0.3 is 0 Å². The van der Waals surface area contributed by atoms with E-state index in [1.54, 1.807) is 49.9 Å². The zero-order valence-electron chi connectivity index (χ0n) is 24.8. The number of rotatable bonds is 5. The normalized spacial score (nSPS) is 13.6. The second-order valence-corrected chi connectivity index (χ2v) is 23.3. The average Bonchev–Trinajstić information content (AvgIpc) is 2.66. The van der Waals surface area contributed by atoms with Gasteiger partial charge in [0.25, 0.3) is 0 Å². The van der Waals surface area contributed by atoms with Crippen LogP contribution in [0, 0.1) is 0 Å². The molecule has 0 unspecified atom stereocenters. The van der Waals surface area contributed by atoms with E-state index in [0.29, 0.717) is 0 Å². The topological polar surface area (TPSA) is 6.48 Å². The van der Waals surface area contributed by atoms with Crippen molar-refractivity contribution in [2.45, 2.75) is 98.2 Å². The Kier molecular flexibility index (Phi) is 17.6. The molecule has 2 nitrogen and oxygen atoms in total. The summed E-state index contributed by atoms with van der Waals surface area (Å²) in [5.74, 6) is 0. The van der Waals surface area contributed by atoms with Gasteiger partial charge in [-0.2, -0.15) is 0 Å². The van der Waals surface area contributed by atoms with Crippen molar-refractivity contribution in [3.8, 4) is 0 Å². The molecule has 0 heterocycles. The standard InChI is InChI=1S/C26H50N2P2Si.2Au.2ClH/c1-24(2,3)19-17-20(25(4,5)6)22(21(18-19)26(7,8)9)29-23(31(14,15)16)30(27(10)11)28(12)13;;;;/h17-18H,1-16H3;;;2*1H/q;2*+1;;/p-2. The Balaban J connectivity index is 0. The van der Waals surface area contributed by atoms with Gasteiger partial charge in [0.05, 0.1) is 16.3 Å². The number of benzene rings is 1. The van der Waals surface area contributed by atoms with Crippen LogP contribution < -0.4 is 5.30 Å².